The Hall–Kier alpha value is -1.06. The van der Waals surface area contributed by atoms with Gasteiger partial charge in [0.15, 0.2) is 0 Å². The molecule has 1 amide bonds. The Labute approximate surface area is 110 Å². The number of aliphatic carboxylic acids is 1. The van der Waals surface area contributed by atoms with Crippen molar-refractivity contribution in [1.29, 1.82) is 0 Å². The fourth-order valence-corrected chi connectivity index (χ4v) is 2.01. The molecule has 2 N–H and O–H groups in total. The van der Waals surface area contributed by atoms with Crippen molar-refractivity contribution >= 4 is 11.9 Å². The van der Waals surface area contributed by atoms with Crippen LogP contribution < -0.4 is 5.32 Å². The summed E-state index contributed by atoms with van der Waals surface area (Å²) in [7, 11) is 0. The van der Waals surface area contributed by atoms with E-state index in [0.717, 1.165) is 25.7 Å². The normalized spacial score (nSPS) is 13.4. The van der Waals surface area contributed by atoms with Crippen molar-refractivity contribution < 1.29 is 14.7 Å². The maximum Gasteiger partial charge on any atom is 0.326 e. The lowest BCUT2D eigenvalue weighted by atomic mass is 9.86. The molecule has 0 saturated carbocycles. The molecular weight excluding hydrogens is 230 g/mol. The van der Waals surface area contributed by atoms with Crippen molar-refractivity contribution in [3.63, 3.8) is 0 Å². The third-order valence-electron chi connectivity index (χ3n) is 3.04. The molecule has 4 heteroatoms. The van der Waals surface area contributed by atoms with E-state index in [9.17, 15) is 14.7 Å². The molecule has 0 saturated heterocycles. The van der Waals surface area contributed by atoms with E-state index in [-0.39, 0.29) is 11.8 Å². The van der Waals surface area contributed by atoms with Crippen molar-refractivity contribution in [2.45, 2.75) is 66.3 Å². The lowest BCUT2D eigenvalue weighted by molar-refractivity contribution is -0.145. The summed E-state index contributed by atoms with van der Waals surface area (Å²) in [4.78, 5) is 23.3. The van der Waals surface area contributed by atoms with E-state index in [1.54, 1.807) is 0 Å². The van der Waals surface area contributed by atoms with E-state index in [0.29, 0.717) is 0 Å². The lowest BCUT2D eigenvalue weighted by Crippen LogP contribution is -2.50. The molecular formula is C14H27NO3. The maximum absolute atomic E-state index is 12.1. The first-order valence-electron chi connectivity index (χ1n) is 6.77. The molecule has 0 radical (unpaired) electrons. The van der Waals surface area contributed by atoms with Crippen LogP contribution in [-0.4, -0.2) is 23.0 Å². The molecule has 4 nitrogen and oxygen atoms in total. The van der Waals surface area contributed by atoms with Crippen LogP contribution in [0.3, 0.4) is 0 Å². The molecule has 106 valence electrons. The predicted molar refractivity (Wildman–Crippen MR) is 72.3 cm³/mol. The number of hydrogen-bond acceptors (Lipinski definition) is 2. The zero-order valence-corrected chi connectivity index (χ0v) is 12.2. The Balaban J connectivity index is 4.71. The summed E-state index contributed by atoms with van der Waals surface area (Å²) in [6.07, 6.45) is 3.50. The summed E-state index contributed by atoms with van der Waals surface area (Å²) >= 11 is 0. The fraction of sp³-hybridized carbons (Fsp3) is 0.857. The minimum Gasteiger partial charge on any atom is -0.480 e. The van der Waals surface area contributed by atoms with Crippen LogP contribution in [0.1, 0.15) is 60.3 Å². The third kappa shape index (κ3) is 5.52. The fourth-order valence-electron chi connectivity index (χ4n) is 2.01. The maximum atomic E-state index is 12.1. The second-order valence-electron chi connectivity index (χ2n) is 5.92. The molecule has 0 aliphatic rings. The van der Waals surface area contributed by atoms with E-state index >= 15 is 0 Å². The lowest BCUT2D eigenvalue weighted by Gasteiger charge is -2.29. The zero-order chi connectivity index (χ0) is 14.3. The quantitative estimate of drug-likeness (QED) is 0.737. The molecule has 0 aromatic heterocycles. The summed E-state index contributed by atoms with van der Waals surface area (Å²) in [6.45, 7) is 9.53. The van der Waals surface area contributed by atoms with Crippen molar-refractivity contribution in [2.24, 2.45) is 11.3 Å². The third-order valence-corrected chi connectivity index (χ3v) is 3.04. The molecule has 0 unspecified atom stereocenters. The van der Waals surface area contributed by atoms with Crippen molar-refractivity contribution in [2.75, 3.05) is 0 Å². The largest absolute Gasteiger partial charge is 0.480 e. The number of carbonyl (C=O) groups excluding carboxylic acids is 1. The molecule has 1 atom stereocenters. The van der Waals surface area contributed by atoms with Gasteiger partial charge in [0.2, 0.25) is 5.91 Å². The number of carboxylic acid groups (broad SMARTS) is 1. The highest BCUT2D eigenvalue weighted by atomic mass is 16.4. The average Bonchev–Trinajstić information content (AvgIpc) is 2.23. The minimum atomic E-state index is -0.970. The van der Waals surface area contributed by atoms with Gasteiger partial charge in [-0.2, -0.15) is 0 Å². The van der Waals surface area contributed by atoms with Crippen molar-refractivity contribution in [3.8, 4) is 0 Å². The predicted octanol–water partition coefficient (Wildman–Crippen LogP) is 2.82. The SMILES string of the molecule is CCCC(CCC)C(=O)N[C@@H](C(=O)O)C(C)(C)C. The Morgan fingerprint density at radius 3 is 1.83 bits per heavy atom. The first kappa shape index (κ1) is 16.9. The van der Waals surface area contributed by atoms with Gasteiger partial charge in [0.25, 0.3) is 0 Å². The van der Waals surface area contributed by atoms with Gasteiger partial charge < -0.3 is 10.4 Å². The van der Waals surface area contributed by atoms with Gasteiger partial charge in [-0.05, 0) is 18.3 Å². The van der Waals surface area contributed by atoms with Crippen LogP contribution in [0, 0.1) is 11.3 Å². The van der Waals surface area contributed by atoms with Crippen LogP contribution in [0.2, 0.25) is 0 Å². The standard InChI is InChI=1S/C14H27NO3/c1-6-8-10(9-7-2)12(16)15-11(13(17)18)14(3,4)5/h10-11H,6-9H2,1-5H3,(H,15,16)(H,17,18)/t11-/m0/s1. The number of rotatable bonds is 7. The molecule has 18 heavy (non-hydrogen) atoms. The Bertz CT molecular complexity index is 275. The topological polar surface area (TPSA) is 66.4 Å². The second-order valence-corrected chi connectivity index (χ2v) is 5.92. The highest BCUT2D eigenvalue weighted by Crippen LogP contribution is 2.21. The van der Waals surface area contributed by atoms with E-state index in [4.69, 9.17) is 0 Å². The van der Waals surface area contributed by atoms with Crippen LogP contribution in [0.4, 0.5) is 0 Å². The monoisotopic (exact) mass is 257 g/mol. The van der Waals surface area contributed by atoms with Crippen LogP contribution in [0.5, 0.6) is 0 Å². The highest BCUT2D eigenvalue weighted by Gasteiger charge is 2.33. The van der Waals surface area contributed by atoms with Gasteiger partial charge in [0.1, 0.15) is 6.04 Å². The molecule has 0 spiro atoms. The molecule has 0 aliphatic carbocycles. The zero-order valence-electron chi connectivity index (χ0n) is 12.2. The average molecular weight is 257 g/mol. The smallest absolute Gasteiger partial charge is 0.326 e. The Morgan fingerprint density at radius 1 is 1.11 bits per heavy atom. The molecule has 0 aromatic rings. The summed E-state index contributed by atoms with van der Waals surface area (Å²) in [6, 6.07) is -0.832. The molecule has 0 aliphatic heterocycles. The molecule has 0 rings (SSSR count). The van der Waals surface area contributed by atoms with Gasteiger partial charge in [-0.15, -0.1) is 0 Å². The van der Waals surface area contributed by atoms with Crippen LogP contribution in [0.25, 0.3) is 0 Å². The van der Waals surface area contributed by atoms with Crippen molar-refractivity contribution in [3.05, 3.63) is 0 Å². The first-order valence-corrected chi connectivity index (χ1v) is 6.77. The molecule has 0 aromatic carbocycles. The van der Waals surface area contributed by atoms with Gasteiger partial charge in [-0.25, -0.2) is 4.79 Å². The highest BCUT2D eigenvalue weighted by molar-refractivity contribution is 5.85. The number of amides is 1. The van der Waals surface area contributed by atoms with Gasteiger partial charge in [0.05, 0.1) is 0 Å². The van der Waals surface area contributed by atoms with E-state index in [1.807, 2.05) is 34.6 Å². The Kier molecular flexibility index (Phi) is 6.96. The van der Waals surface area contributed by atoms with E-state index in [2.05, 4.69) is 5.32 Å². The van der Waals surface area contributed by atoms with Crippen LogP contribution >= 0.6 is 0 Å². The number of carbonyl (C=O) groups is 2. The summed E-state index contributed by atoms with van der Waals surface area (Å²) in [5.74, 6) is -1.16. The second kappa shape index (κ2) is 7.39. The molecule has 0 heterocycles. The van der Waals surface area contributed by atoms with Gasteiger partial charge in [-0.1, -0.05) is 47.5 Å². The number of carboxylic acids is 1. The van der Waals surface area contributed by atoms with Gasteiger partial charge in [0, 0.05) is 5.92 Å². The van der Waals surface area contributed by atoms with Gasteiger partial charge in [-0.3, -0.25) is 4.79 Å². The van der Waals surface area contributed by atoms with Crippen LogP contribution in [-0.2, 0) is 9.59 Å². The molecule has 0 bridgehead atoms. The Morgan fingerprint density at radius 2 is 1.56 bits per heavy atom. The van der Waals surface area contributed by atoms with E-state index < -0.39 is 17.4 Å². The number of nitrogens with one attached hydrogen (secondary N) is 1. The summed E-state index contributed by atoms with van der Waals surface area (Å²) in [5, 5.41) is 11.9. The summed E-state index contributed by atoms with van der Waals surface area (Å²) in [5.41, 5.74) is -0.482. The summed E-state index contributed by atoms with van der Waals surface area (Å²) < 4.78 is 0. The first-order chi connectivity index (χ1) is 8.23. The molecule has 0 fully saturated rings. The van der Waals surface area contributed by atoms with Crippen molar-refractivity contribution in [1.82, 2.24) is 5.32 Å². The van der Waals surface area contributed by atoms with E-state index in [1.165, 1.54) is 0 Å². The van der Waals surface area contributed by atoms with Crippen LogP contribution in [0.15, 0.2) is 0 Å². The number of hydrogen-bond donors (Lipinski definition) is 2. The minimum absolute atomic E-state index is 0.0656. The van der Waals surface area contributed by atoms with Gasteiger partial charge >= 0.3 is 5.97 Å².